The van der Waals surface area contributed by atoms with E-state index in [-0.39, 0.29) is 17.0 Å². The number of likely N-dealkylation sites (tertiary alicyclic amines) is 1. The van der Waals surface area contributed by atoms with E-state index in [4.69, 9.17) is 14.2 Å². The highest BCUT2D eigenvalue weighted by molar-refractivity contribution is 7.07. The number of carbonyl (C=O) groups excluding carboxylic acids is 1. The molecule has 0 radical (unpaired) electrons. The van der Waals surface area contributed by atoms with Crippen LogP contribution >= 0.6 is 11.3 Å². The molecule has 0 saturated carbocycles. The van der Waals surface area contributed by atoms with Crippen molar-refractivity contribution in [1.29, 1.82) is 5.26 Å². The molecule has 0 aliphatic carbocycles. The minimum atomic E-state index is -0.354. The van der Waals surface area contributed by atoms with Crippen molar-refractivity contribution in [3.63, 3.8) is 0 Å². The van der Waals surface area contributed by atoms with Crippen molar-refractivity contribution in [1.82, 2.24) is 9.47 Å². The Balaban J connectivity index is 2.03. The van der Waals surface area contributed by atoms with Gasteiger partial charge in [-0.2, -0.15) is 5.26 Å². The van der Waals surface area contributed by atoms with E-state index in [0.29, 0.717) is 50.8 Å². The van der Waals surface area contributed by atoms with Crippen LogP contribution in [0.15, 0.2) is 41.2 Å². The molecule has 1 amide bonds. The third-order valence-corrected chi connectivity index (χ3v) is 7.16. The molecule has 0 bridgehead atoms. The summed E-state index contributed by atoms with van der Waals surface area (Å²) in [4.78, 5) is 28.6. The summed E-state index contributed by atoms with van der Waals surface area (Å²) in [5.74, 6) is 0.947. The number of benzene rings is 2. The van der Waals surface area contributed by atoms with Crippen LogP contribution in [0.25, 0.3) is 17.3 Å². The molecule has 9 heteroatoms. The van der Waals surface area contributed by atoms with Crippen LogP contribution in [-0.2, 0) is 4.79 Å². The first-order valence-electron chi connectivity index (χ1n) is 11.5. The lowest BCUT2D eigenvalue weighted by molar-refractivity contribution is -0.123. The maximum Gasteiger partial charge on any atom is 0.273 e. The smallest absolute Gasteiger partial charge is 0.273 e. The third-order valence-electron chi connectivity index (χ3n) is 6.07. The highest BCUT2D eigenvalue weighted by atomic mass is 32.1. The quantitative estimate of drug-likeness (QED) is 0.511. The molecule has 0 spiro atoms. The predicted octanol–water partition coefficient (Wildman–Crippen LogP) is 2.36. The Labute approximate surface area is 212 Å². The molecule has 2 aromatic carbocycles. The normalized spacial score (nSPS) is 14.4. The van der Waals surface area contributed by atoms with Gasteiger partial charge in [-0.05, 0) is 50.1 Å². The van der Waals surface area contributed by atoms with Crippen molar-refractivity contribution in [2.24, 2.45) is 0 Å². The Kier molecular flexibility index (Phi) is 7.46. The molecule has 0 atom stereocenters. The van der Waals surface area contributed by atoms with Crippen LogP contribution in [0.2, 0.25) is 0 Å². The van der Waals surface area contributed by atoms with Gasteiger partial charge in [-0.3, -0.25) is 14.2 Å². The second-order valence-electron chi connectivity index (χ2n) is 8.30. The van der Waals surface area contributed by atoms with Crippen molar-refractivity contribution < 1.29 is 19.0 Å². The predicted molar refractivity (Wildman–Crippen MR) is 138 cm³/mol. The van der Waals surface area contributed by atoms with E-state index in [2.05, 4.69) is 6.07 Å². The molecule has 8 nitrogen and oxygen atoms in total. The van der Waals surface area contributed by atoms with Gasteiger partial charge in [0.2, 0.25) is 5.75 Å². The Morgan fingerprint density at radius 1 is 1.00 bits per heavy atom. The molecule has 3 aromatic rings. The molecule has 2 heterocycles. The molecule has 0 unspecified atom stereocenters. The van der Waals surface area contributed by atoms with Crippen molar-refractivity contribution >= 4 is 28.9 Å². The Hall–Kier alpha value is -4.03. The van der Waals surface area contributed by atoms with Gasteiger partial charge in [0.05, 0.1) is 31.5 Å². The molecule has 0 N–H and O–H groups in total. The van der Waals surface area contributed by atoms with Crippen LogP contribution in [0.4, 0.5) is 0 Å². The molecular formula is C27H27N3O5S. The first-order chi connectivity index (χ1) is 17.4. The number of methoxy groups -OCH3 is 3. The molecule has 4 rings (SSSR count). The number of ether oxygens (including phenoxy) is 3. The van der Waals surface area contributed by atoms with Crippen LogP contribution in [-0.4, -0.2) is 49.8 Å². The Bertz CT molecular complexity index is 1510. The average molecular weight is 506 g/mol. The topological polar surface area (TPSA) is 93.8 Å². The summed E-state index contributed by atoms with van der Waals surface area (Å²) in [6.07, 6.45) is 3.48. The fourth-order valence-corrected chi connectivity index (χ4v) is 5.31. The van der Waals surface area contributed by atoms with E-state index in [1.165, 1.54) is 25.9 Å². The largest absolute Gasteiger partial charge is 0.493 e. The number of amides is 1. The number of hydrogen-bond acceptors (Lipinski definition) is 7. The van der Waals surface area contributed by atoms with Gasteiger partial charge < -0.3 is 19.1 Å². The Morgan fingerprint density at radius 3 is 2.25 bits per heavy atom. The molecular weight excluding hydrogens is 478 g/mol. The van der Waals surface area contributed by atoms with Crippen LogP contribution < -0.4 is 29.0 Å². The first-order valence-corrected chi connectivity index (χ1v) is 12.3. The lowest BCUT2D eigenvalue weighted by atomic mass is 10.1. The molecule has 186 valence electrons. The van der Waals surface area contributed by atoms with Crippen LogP contribution in [0.1, 0.15) is 24.0 Å². The second kappa shape index (κ2) is 10.7. The first kappa shape index (κ1) is 25.1. The average Bonchev–Trinajstić information content (AvgIpc) is 3.54. The summed E-state index contributed by atoms with van der Waals surface area (Å²) >= 11 is 1.10. The maximum absolute atomic E-state index is 13.7. The van der Waals surface area contributed by atoms with Gasteiger partial charge in [-0.1, -0.05) is 17.7 Å². The summed E-state index contributed by atoms with van der Waals surface area (Å²) in [7, 11) is 4.55. The van der Waals surface area contributed by atoms with E-state index < -0.39 is 0 Å². The zero-order chi connectivity index (χ0) is 25.8. The molecule has 1 aromatic heterocycles. The maximum atomic E-state index is 13.7. The number of nitrogens with zero attached hydrogens (tertiary/aromatic N) is 3. The number of carbonyl (C=O) groups is 1. The van der Waals surface area contributed by atoms with Gasteiger partial charge in [0.1, 0.15) is 10.7 Å². The van der Waals surface area contributed by atoms with Crippen LogP contribution in [0.5, 0.6) is 17.2 Å². The van der Waals surface area contributed by atoms with E-state index in [1.807, 2.05) is 31.2 Å². The van der Waals surface area contributed by atoms with Crippen molar-refractivity contribution in [3.05, 3.63) is 67.1 Å². The Morgan fingerprint density at radius 2 is 1.67 bits per heavy atom. The fraction of sp³-hybridized carbons (Fsp3) is 0.296. The number of aromatic nitrogens is 1. The summed E-state index contributed by atoms with van der Waals surface area (Å²) in [5.41, 5.74) is 1.83. The molecule has 1 saturated heterocycles. The van der Waals surface area contributed by atoms with Gasteiger partial charge in [0, 0.05) is 18.7 Å². The van der Waals surface area contributed by atoms with Crippen molar-refractivity contribution in [2.45, 2.75) is 19.8 Å². The van der Waals surface area contributed by atoms with Gasteiger partial charge in [0.15, 0.2) is 17.1 Å². The van der Waals surface area contributed by atoms with E-state index in [9.17, 15) is 14.9 Å². The highest BCUT2D eigenvalue weighted by Crippen LogP contribution is 2.39. The van der Waals surface area contributed by atoms with Crippen LogP contribution in [0.3, 0.4) is 0 Å². The zero-order valence-corrected chi connectivity index (χ0v) is 21.5. The SMILES string of the molecule is COc1ccc(/C=c2\s/c(=C(/C#N)C(=O)N3CCCC3)n(-c3ccc(C)cc3)c2=O)c(OC)c1OC. The highest BCUT2D eigenvalue weighted by Gasteiger charge is 2.25. The minimum absolute atomic E-state index is 0.0431. The van der Waals surface area contributed by atoms with Gasteiger partial charge >= 0.3 is 0 Å². The molecule has 36 heavy (non-hydrogen) atoms. The number of aryl methyl sites for hydroxylation is 1. The van der Waals surface area contributed by atoms with E-state index in [0.717, 1.165) is 29.7 Å². The number of rotatable bonds is 6. The van der Waals surface area contributed by atoms with E-state index >= 15 is 0 Å². The summed E-state index contributed by atoms with van der Waals surface area (Å²) in [6.45, 7) is 3.16. The van der Waals surface area contributed by atoms with Crippen LogP contribution in [0, 0.1) is 18.3 Å². The third kappa shape index (κ3) is 4.60. The molecule has 1 aliphatic heterocycles. The summed E-state index contributed by atoms with van der Waals surface area (Å²) in [6, 6.07) is 13.0. The summed E-state index contributed by atoms with van der Waals surface area (Å²) in [5, 5.41) is 10.0. The monoisotopic (exact) mass is 505 g/mol. The zero-order valence-electron chi connectivity index (χ0n) is 20.7. The lowest BCUT2D eigenvalue weighted by Gasteiger charge is -2.14. The van der Waals surface area contributed by atoms with E-state index in [1.54, 1.807) is 23.1 Å². The fourth-order valence-electron chi connectivity index (χ4n) is 4.22. The number of nitriles is 1. The number of thiazole rings is 1. The van der Waals surface area contributed by atoms with Gasteiger partial charge in [0.25, 0.3) is 11.5 Å². The standard InChI is InChI=1S/C27H27N3O5S/c1-17-7-10-19(11-8-17)30-26(32)22(15-18-9-12-21(33-2)24(35-4)23(18)34-3)36-27(30)20(16-28)25(31)29-13-5-6-14-29/h7-12,15H,5-6,13-14H2,1-4H3/b22-15-,27-20-. The van der Waals surface area contributed by atoms with Gasteiger partial charge in [-0.15, -0.1) is 11.3 Å². The second-order valence-corrected chi connectivity index (χ2v) is 9.33. The number of hydrogen-bond donors (Lipinski definition) is 0. The van der Waals surface area contributed by atoms with Crippen molar-refractivity contribution in [3.8, 4) is 29.0 Å². The minimum Gasteiger partial charge on any atom is -0.493 e. The lowest BCUT2D eigenvalue weighted by Crippen LogP contribution is -2.35. The van der Waals surface area contributed by atoms with Crippen molar-refractivity contribution in [2.75, 3.05) is 34.4 Å². The molecule has 1 fully saturated rings. The van der Waals surface area contributed by atoms with Gasteiger partial charge in [-0.25, -0.2) is 0 Å². The summed E-state index contributed by atoms with van der Waals surface area (Å²) < 4.78 is 18.5. The molecule has 1 aliphatic rings.